The van der Waals surface area contributed by atoms with Crippen LogP contribution in [-0.4, -0.2) is 10.9 Å². The van der Waals surface area contributed by atoms with Crippen LogP contribution in [0.15, 0.2) is 12.3 Å². The Labute approximate surface area is 82.3 Å². The van der Waals surface area contributed by atoms with Gasteiger partial charge >= 0.3 is 0 Å². The van der Waals surface area contributed by atoms with Crippen LogP contribution < -0.4 is 5.73 Å². The second-order valence-electron chi connectivity index (χ2n) is 2.20. The van der Waals surface area contributed by atoms with Crippen molar-refractivity contribution in [2.24, 2.45) is 5.73 Å². The summed E-state index contributed by atoms with van der Waals surface area (Å²) >= 11 is 1.83. The average molecular weight is 280 g/mol. The molecule has 2 N–H and O–H groups in total. The van der Waals surface area contributed by atoms with Crippen molar-refractivity contribution in [3.05, 3.63) is 27.3 Å². The fourth-order valence-electron chi connectivity index (χ4n) is 0.749. The number of carbonyl (C=O) groups is 1. The van der Waals surface area contributed by atoms with Gasteiger partial charge in [-0.25, -0.2) is 4.39 Å². The van der Waals surface area contributed by atoms with E-state index in [0.29, 0.717) is 3.57 Å². The predicted octanol–water partition coefficient (Wildman–Crippen LogP) is 0.853. The zero-order valence-corrected chi connectivity index (χ0v) is 8.21. The molecule has 1 aromatic heterocycles. The van der Waals surface area contributed by atoms with Gasteiger partial charge in [-0.15, -0.1) is 0 Å². The van der Waals surface area contributed by atoms with E-state index in [4.69, 9.17) is 5.73 Å². The Bertz CT molecular complexity index is 316. The topological polar surface area (TPSA) is 56.0 Å². The normalized spacial score (nSPS) is 9.83. The largest absolute Gasteiger partial charge is 0.369 e. The number of halogens is 2. The maximum absolute atomic E-state index is 13.1. The Morgan fingerprint density at radius 2 is 2.42 bits per heavy atom. The molecule has 0 aliphatic carbocycles. The van der Waals surface area contributed by atoms with E-state index in [1.54, 1.807) is 0 Å². The first-order valence-electron chi connectivity index (χ1n) is 3.18. The number of hydrogen-bond donors (Lipinski definition) is 1. The van der Waals surface area contributed by atoms with Crippen molar-refractivity contribution in [1.29, 1.82) is 0 Å². The van der Waals surface area contributed by atoms with Crippen LogP contribution in [0.3, 0.4) is 0 Å². The molecule has 0 aromatic carbocycles. The number of rotatable bonds is 2. The lowest BCUT2D eigenvalue weighted by molar-refractivity contribution is -0.117. The second kappa shape index (κ2) is 3.79. The molecular formula is C7H6FIN2O. The molecule has 0 fully saturated rings. The van der Waals surface area contributed by atoms with Gasteiger partial charge < -0.3 is 5.73 Å². The molecule has 0 aliphatic rings. The Morgan fingerprint density at radius 3 is 3.00 bits per heavy atom. The minimum Gasteiger partial charge on any atom is -0.369 e. The molecule has 0 aliphatic heterocycles. The summed E-state index contributed by atoms with van der Waals surface area (Å²) in [6, 6.07) is 1.53. The van der Waals surface area contributed by atoms with Gasteiger partial charge in [-0.2, -0.15) is 0 Å². The molecule has 0 atom stereocenters. The Hall–Kier alpha value is -0.720. The smallest absolute Gasteiger partial charge is 0.223 e. The van der Waals surface area contributed by atoms with Crippen molar-refractivity contribution in [2.75, 3.05) is 0 Å². The maximum Gasteiger partial charge on any atom is 0.223 e. The van der Waals surface area contributed by atoms with Crippen molar-refractivity contribution >= 4 is 28.5 Å². The summed E-state index contributed by atoms with van der Waals surface area (Å²) in [5.74, 6) is -1.04. The van der Waals surface area contributed by atoms with E-state index in [0.717, 1.165) is 0 Å². The first-order chi connectivity index (χ1) is 5.61. The lowest BCUT2D eigenvalue weighted by Crippen LogP contribution is -2.16. The Balaban J connectivity index is 3.00. The molecule has 1 rings (SSSR count). The molecular weight excluding hydrogens is 274 g/mol. The van der Waals surface area contributed by atoms with E-state index in [2.05, 4.69) is 4.98 Å². The molecule has 0 radical (unpaired) electrons. The Morgan fingerprint density at radius 1 is 1.75 bits per heavy atom. The van der Waals surface area contributed by atoms with Crippen LogP contribution >= 0.6 is 22.6 Å². The molecule has 3 nitrogen and oxygen atoms in total. The zero-order valence-electron chi connectivity index (χ0n) is 6.05. The van der Waals surface area contributed by atoms with Crippen LogP contribution in [0, 0.1) is 9.39 Å². The van der Waals surface area contributed by atoms with Crippen LogP contribution in [0.4, 0.5) is 4.39 Å². The number of nitrogens with two attached hydrogens (primary N) is 1. The highest BCUT2D eigenvalue weighted by Crippen LogP contribution is 2.12. The van der Waals surface area contributed by atoms with Crippen LogP contribution in [0.2, 0.25) is 0 Å². The summed E-state index contributed by atoms with van der Waals surface area (Å²) in [5, 5.41) is 0. The van der Waals surface area contributed by atoms with Gasteiger partial charge in [0.2, 0.25) is 5.91 Å². The van der Waals surface area contributed by atoms with E-state index in [1.165, 1.54) is 12.3 Å². The highest BCUT2D eigenvalue weighted by molar-refractivity contribution is 14.1. The molecule has 0 unspecified atom stereocenters. The van der Waals surface area contributed by atoms with Gasteiger partial charge in [-0.05, 0) is 28.7 Å². The van der Waals surface area contributed by atoms with Crippen molar-refractivity contribution in [3.63, 3.8) is 0 Å². The van der Waals surface area contributed by atoms with Gasteiger partial charge in [0.05, 0.1) is 15.7 Å². The lowest BCUT2D eigenvalue weighted by Gasteiger charge is -1.99. The highest BCUT2D eigenvalue weighted by Gasteiger charge is 2.09. The minimum absolute atomic E-state index is 0.106. The van der Waals surface area contributed by atoms with Gasteiger partial charge in [0.25, 0.3) is 0 Å². The van der Waals surface area contributed by atoms with Crippen LogP contribution in [0.1, 0.15) is 5.69 Å². The third-order valence-electron chi connectivity index (χ3n) is 1.26. The summed E-state index contributed by atoms with van der Waals surface area (Å²) in [4.78, 5) is 14.1. The SMILES string of the molecule is NC(=O)Cc1nccc(I)c1F. The number of nitrogens with zero attached hydrogens (tertiary/aromatic N) is 1. The lowest BCUT2D eigenvalue weighted by atomic mass is 10.2. The predicted molar refractivity (Wildman–Crippen MR) is 49.8 cm³/mol. The summed E-state index contributed by atoms with van der Waals surface area (Å²) in [6.07, 6.45) is 1.30. The van der Waals surface area contributed by atoms with Gasteiger partial charge in [0.1, 0.15) is 0 Å². The molecule has 0 spiro atoms. The quantitative estimate of drug-likeness (QED) is 0.817. The van der Waals surface area contributed by atoms with E-state index in [9.17, 15) is 9.18 Å². The zero-order chi connectivity index (χ0) is 9.14. The highest BCUT2D eigenvalue weighted by atomic mass is 127. The van der Waals surface area contributed by atoms with Gasteiger partial charge in [-0.3, -0.25) is 9.78 Å². The van der Waals surface area contributed by atoms with Gasteiger partial charge in [-0.1, -0.05) is 0 Å². The number of carbonyl (C=O) groups excluding carboxylic acids is 1. The second-order valence-corrected chi connectivity index (χ2v) is 3.36. The van der Waals surface area contributed by atoms with Crippen LogP contribution in [0.25, 0.3) is 0 Å². The van der Waals surface area contributed by atoms with E-state index < -0.39 is 11.7 Å². The third-order valence-corrected chi connectivity index (χ3v) is 2.09. The molecule has 0 bridgehead atoms. The van der Waals surface area contributed by atoms with Crippen molar-refractivity contribution < 1.29 is 9.18 Å². The summed E-state index contributed by atoms with van der Waals surface area (Å²) in [7, 11) is 0. The van der Waals surface area contributed by atoms with E-state index >= 15 is 0 Å². The average Bonchev–Trinajstić information content (AvgIpc) is 1.98. The number of primary amides is 1. The van der Waals surface area contributed by atoms with Gasteiger partial charge in [0.15, 0.2) is 5.82 Å². The number of aromatic nitrogens is 1. The van der Waals surface area contributed by atoms with E-state index in [-0.39, 0.29) is 12.1 Å². The van der Waals surface area contributed by atoms with Crippen molar-refractivity contribution in [3.8, 4) is 0 Å². The molecule has 0 saturated carbocycles. The standard InChI is InChI=1S/C7H6FIN2O/c8-7-4(9)1-2-11-5(7)3-6(10)12/h1-2H,3H2,(H2,10,12). The van der Waals surface area contributed by atoms with Crippen molar-refractivity contribution in [1.82, 2.24) is 4.98 Å². The number of amides is 1. The van der Waals surface area contributed by atoms with Crippen molar-refractivity contribution in [2.45, 2.75) is 6.42 Å². The first-order valence-corrected chi connectivity index (χ1v) is 4.26. The fraction of sp³-hybridized carbons (Fsp3) is 0.143. The molecule has 1 aromatic rings. The number of pyridine rings is 1. The van der Waals surface area contributed by atoms with Crippen LogP contribution in [-0.2, 0) is 11.2 Å². The summed E-state index contributed by atoms with van der Waals surface area (Å²) in [6.45, 7) is 0. The molecule has 0 saturated heterocycles. The first kappa shape index (κ1) is 9.37. The molecule has 1 amide bonds. The van der Waals surface area contributed by atoms with Crippen LogP contribution in [0.5, 0.6) is 0 Å². The monoisotopic (exact) mass is 280 g/mol. The molecule has 1 heterocycles. The summed E-state index contributed by atoms with van der Waals surface area (Å²) in [5.41, 5.74) is 5.00. The molecule has 12 heavy (non-hydrogen) atoms. The number of hydrogen-bond acceptors (Lipinski definition) is 2. The van der Waals surface area contributed by atoms with E-state index in [1.807, 2.05) is 22.6 Å². The Kier molecular flexibility index (Phi) is 2.96. The maximum atomic E-state index is 13.1. The van der Waals surface area contributed by atoms with Gasteiger partial charge in [0, 0.05) is 6.20 Å². The summed E-state index contributed by atoms with van der Waals surface area (Å²) < 4.78 is 13.5. The minimum atomic E-state index is -0.580. The fourth-order valence-corrected chi connectivity index (χ4v) is 1.22. The molecule has 5 heteroatoms. The third kappa shape index (κ3) is 2.13. The molecule has 64 valence electrons.